The number of hydrogen-bond acceptors (Lipinski definition) is 3. The van der Waals surface area contributed by atoms with E-state index in [4.69, 9.17) is 4.74 Å². The zero-order valence-electron chi connectivity index (χ0n) is 15.6. The molecule has 4 heteroatoms. The highest BCUT2D eigenvalue weighted by Crippen LogP contribution is 2.20. The van der Waals surface area contributed by atoms with Gasteiger partial charge in [-0.05, 0) is 63.8 Å². The first-order chi connectivity index (χ1) is 10.5. The van der Waals surface area contributed by atoms with Gasteiger partial charge in [-0.25, -0.2) is 4.79 Å². The van der Waals surface area contributed by atoms with E-state index in [9.17, 15) is 4.79 Å². The average Bonchev–Trinajstić information content (AvgIpc) is 2.35. The van der Waals surface area contributed by atoms with E-state index in [0.29, 0.717) is 5.41 Å². The highest BCUT2D eigenvalue weighted by Gasteiger charge is 2.16. The van der Waals surface area contributed by atoms with Gasteiger partial charge in [-0.15, -0.1) is 0 Å². The predicted molar refractivity (Wildman–Crippen MR) is 96.8 cm³/mol. The van der Waals surface area contributed by atoms with Gasteiger partial charge in [-0.1, -0.05) is 32.9 Å². The standard InChI is InChI=1S/C19H32N2O2/c1-14(20-13-12-18(2,3)4)15-8-10-16(11-9-15)21-17(22)23-19(5,6)7/h8-11,14,20H,12-13H2,1-7H3,(H,21,22). The summed E-state index contributed by atoms with van der Waals surface area (Å²) in [5, 5.41) is 6.28. The number of anilines is 1. The van der Waals surface area contributed by atoms with Crippen molar-refractivity contribution in [3.8, 4) is 0 Å². The summed E-state index contributed by atoms with van der Waals surface area (Å²) in [4.78, 5) is 11.7. The van der Waals surface area contributed by atoms with E-state index in [1.165, 1.54) is 5.56 Å². The number of ether oxygens (including phenoxy) is 1. The molecule has 0 heterocycles. The Bertz CT molecular complexity index is 496. The van der Waals surface area contributed by atoms with Crippen molar-refractivity contribution in [3.05, 3.63) is 29.8 Å². The van der Waals surface area contributed by atoms with E-state index < -0.39 is 11.7 Å². The van der Waals surface area contributed by atoms with E-state index in [-0.39, 0.29) is 6.04 Å². The van der Waals surface area contributed by atoms with Crippen molar-refractivity contribution in [2.24, 2.45) is 5.41 Å². The van der Waals surface area contributed by atoms with Crippen molar-refractivity contribution >= 4 is 11.8 Å². The maximum atomic E-state index is 11.7. The molecule has 0 bridgehead atoms. The number of benzene rings is 1. The van der Waals surface area contributed by atoms with E-state index >= 15 is 0 Å². The van der Waals surface area contributed by atoms with Crippen LogP contribution < -0.4 is 10.6 Å². The van der Waals surface area contributed by atoms with Gasteiger partial charge in [0.15, 0.2) is 0 Å². The molecular weight excluding hydrogens is 288 g/mol. The summed E-state index contributed by atoms with van der Waals surface area (Å²) in [6.45, 7) is 15.4. The van der Waals surface area contributed by atoms with Crippen molar-refractivity contribution in [3.63, 3.8) is 0 Å². The number of carbonyl (C=O) groups excluding carboxylic acids is 1. The molecule has 23 heavy (non-hydrogen) atoms. The normalized spacial score (nSPS) is 13.5. The number of nitrogens with one attached hydrogen (secondary N) is 2. The first-order valence-electron chi connectivity index (χ1n) is 8.30. The lowest BCUT2D eigenvalue weighted by Gasteiger charge is -2.21. The maximum absolute atomic E-state index is 11.7. The molecule has 0 fully saturated rings. The molecule has 1 atom stereocenters. The van der Waals surface area contributed by atoms with Crippen molar-refractivity contribution in [2.45, 2.75) is 66.5 Å². The lowest BCUT2D eigenvalue weighted by molar-refractivity contribution is 0.0636. The Balaban J connectivity index is 2.51. The van der Waals surface area contributed by atoms with Crippen molar-refractivity contribution in [2.75, 3.05) is 11.9 Å². The molecule has 2 N–H and O–H groups in total. The summed E-state index contributed by atoms with van der Waals surface area (Å²) in [6, 6.07) is 8.15. The molecule has 1 aromatic rings. The summed E-state index contributed by atoms with van der Waals surface area (Å²) >= 11 is 0. The summed E-state index contributed by atoms with van der Waals surface area (Å²) in [7, 11) is 0. The van der Waals surface area contributed by atoms with Crippen LogP contribution in [0.4, 0.5) is 10.5 Å². The van der Waals surface area contributed by atoms with Crippen LogP contribution in [0.2, 0.25) is 0 Å². The van der Waals surface area contributed by atoms with Gasteiger partial charge in [0.25, 0.3) is 0 Å². The summed E-state index contributed by atoms with van der Waals surface area (Å²) in [6.07, 6.45) is 0.705. The Kier molecular flexibility index (Phi) is 6.63. The second kappa shape index (κ2) is 7.82. The van der Waals surface area contributed by atoms with E-state index in [1.54, 1.807) is 0 Å². The average molecular weight is 320 g/mol. The van der Waals surface area contributed by atoms with Gasteiger partial charge in [0.05, 0.1) is 0 Å². The van der Waals surface area contributed by atoms with Crippen molar-refractivity contribution < 1.29 is 9.53 Å². The topological polar surface area (TPSA) is 50.4 Å². The fourth-order valence-electron chi connectivity index (χ4n) is 2.06. The van der Waals surface area contributed by atoms with Crippen LogP contribution in [-0.2, 0) is 4.74 Å². The van der Waals surface area contributed by atoms with Crippen LogP contribution in [0.5, 0.6) is 0 Å². The third-order valence-corrected chi connectivity index (χ3v) is 3.38. The van der Waals surface area contributed by atoms with Crippen LogP contribution in [0.1, 0.15) is 66.5 Å². The Labute approximate surface area is 141 Å². The van der Waals surface area contributed by atoms with Gasteiger partial charge in [-0.3, -0.25) is 5.32 Å². The molecule has 0 saturated carbocycles. The highest BCUT2D eigenvalue weighted by atomic mass is 16.6. The van der Waals surface area contributed by atoms with Crippen LogP contribution >= 0.6 is 0 Å². The SMILES string of the molecule is CC(NCCC(C)(C)C)c1ccc(NC(=O)OC(C)(C)C)cc1. The van der Waals surface area contributed by atoms with Gasteiger partial charge in [0, 0.05) is 11.7 Å². The van der Waals surface area contributed by atoms with Crippen LogP contribution in [0.25, 0.3) is 0 Å². The predicted octanol–water partition coefficient (Wildman–Crippen LogP) is 5.12. The first kappa shape index (κ1) is 19.5. The minimum atomic E-state index is -0.491. The minimum Gasteiger partial charge on any atom is -0.444 e. The molecule has 0 saturated heterocycles. The zero-order valence-corrected chi connectivity index (χ0v) is 15.6. The molecule has 0 radical (unpaired) electrons. The fraction of sp³-hybridized carbons (Fsp3) is 0.632. The van der Waals surface area contributed by atoms with E-state index in [2.05, 4.69) is 38.3 Å². The van der Waals surface area contributed by atoms with Crippen LogP contribution in [-0.4, -0.2) is 18.2 Å². The smallest absolute Gasteiger partial charge is 0.412 e. The van der Waals surface area contributed by atoms with Gasteiger partial charge in [0.2, 0.25) is 0 Å². The number of rotatable bonds is 5. The van der Waals surface area contributed by atoms with Crippen molar-refractivity contribution in [1.82, 2.24) is 5.32 Å². The second-order valence-electron chi connectivity index (χ2n) is 8.24. The molecule has 130 valence electrons. The second-order valence-corrected chi connectivity index (χ2v) is 8.24. The number of hydrogen-bond donors (Lipinski definition) is 2. The molecule has 0 aliphatic carbocycles. The van der Waals surface area contributed by atoms with Crippen molar-refractivity contribution in [1.29, 1.82) is 0 Å². The number of carbonyl (C=O) groups is 1. The van der Waals surface area contributed by atoms with Gasteiger partial charge in [-0.2, -0.15) is 0 Å². The molecule has 0 aliphatic heterocycles. The Morgan fingerprint density at radius 2 is 1.65 bits per heavy atom. The van der Waals surface area contributed by atoms with Crippen LogP contribution in [0.15, 0.2) is 24.3 Å². The van der Waals surface area contributed by atoms with Gasteiger partial charge >= 0.3 is 6.09 Å². The van der Waals surface area contributed by atoms with Crippen LogP contribution in [0.3, 0.4) is 0 Å². The fourth-order valence-corrected chi connectivity index (χ4v) is 2.06. The highest BCUT2D eigenvalue weighted by molar-refractivity contribution is 5.84. The lowest BCUT2D eigenvalue weighted by Crippen LogP contribution is -2.27. The molecule has 0 aromatic heterocycles. The number of amides is 1. The quantitative estimate of drug-likeness (QED) is 0.791. The largest absolute Gasteiger partial charge is 0.444 e. The third-order valence-electron chi connectivity index (χ3n) is 3.38. The summed E-state index contributed by atoms with van der Waals surface area (Å²) < 4.78 is 5.24. The molecule has 1 unspecified atom stereocenters. The van der Waals surface area contributed by atoms with Crippen LogP contribution in [0, 0.1) is 5.41 Å². The molecule has 1 aromatic carbocycles. The Morgan fingerprint density at radius 3 is 2.13 bits per heavy atom. The summed E-state index contributed by atoms with van der Waals surface area (Å²) in [5.74, 6) is 0. The van der Waals surface area contributed by atoms with E-state index in [1.807, 2.05) is 45.0 Å². The third kappa shape index (κ3) is 8.60. The lowest BCUT2D eigenvalue weighted by atomic mass is 9.92. The maximum Gasteiger partial charge on any atom is 0.412 e. The Morgan fingerprint density at radius 1 is 1.09 bits per heavy atom. The molecule has 1 rings (SSSR count). The van der Waals surface area contributed by atoms with Gasteiger partial charge < -0.3 is 10.1 Å². The summed E-state index contributed by atoms with van der Waals surface area (Å²) in [5.41, 5.74) is 1.79. The molecule has 4 nitrogen and oxygen atoms in total. The van der Waals surface area contributed by atoms with Gasteiger partial charge in [0.1, 0.15) is 5.60 Å². The molecule has 1 amide bonds. The Hall–Kier alpha value is -1.55. The monoisotopic (exact) mass is 320 g/mol. The molecule has 0 spiro atoms. The zero-order chi connectivity index (χ0) is 17.7. The first-order valence-corrected chi connectivity index (χ1v) is 8.30. The molecule has 0 aliphatic rings. The van der Waals surface area contributed by atoms with E-state index in [0.717, 1.165) is 18.7 Å². The molecular formula is C19H32N2O2. The minimum absolute atomic E-state index is 0.285.